The van der Waals surface area contributed by atoms with Crippen LogP contribution in [0.2, 0.25) is 0 Å². The molecule has 0 unspecified atom stereocenters. The number of rotatable bonds is 3. The molecule has 0 radical (unpaired) electrons. The van der Waals surface area contributed by atoms with E-state index in [1.807, 2.05) is 12.1 Å². The van der Waals surface area contributed by atoms with E-state index in [0.29, 0.717) is 11.2 Å². The average Bonchev–Trinajstić information content (AvgIpc) is 2.90. The van der Waals surface area contributed by atoms with Gasteiger partial charge >= 0.3 is 0 Å². The molecule has 1 heterocycles. The summed E-state index contributed by atoms with van der Waals surface area (Å²) in [6, 6.07) is 3.80. The molecular weight excluding hydrogens is 240 g/mol. The molecule has 2 aromatic rings. The molecule has 1 aromatic carbocycles. The van der Waals surface area contributed by atoms with Gasteiger partial charge in [-0.15, -0.1) is 0 Å². The van der Waals surface area contributed by atoms with Crippen molar-refractivity contribution in [1.29, 1.82) is 0 Å². The second-order valence-electron chi connectivity index (χ2n) is 5.67. The minimum atomic E-state index is 0.605. The number of anilines is 2. The molecular formula is C14H20N4O. The highest BCUT2D eigenvalue weighted by molar-refractivity contribution is 5.94. The zero-order valence-electron chi connectivity index (χ0n) is 11.2. The lowest BCUT2D eigenvalue weighted by Crippen LogP contribution is -2.20. The Bertz CT molecular complexity index is 558. The molecule has 0 atom stereocenters. The van der Waals surface area contributed by atoms with Crippen molar-refractivity contribution in [3.05, 3.63) is 12.1 Å². The Hall–Kier alpha value is -1.78. The Morgan fingerprint density at radius 3 is 2.74 bits per heavy atom. The van der Waals surface area contributed by atoms with Gasteiger partial charge in [0, 0.05) is 6.54 Å². The first-order valence-corrected chi connectivity index (χ1v) is 6.98. The number of benzene rings is 1. The van der Waals surface area contributed by atoms with Crippen molar-refractivity contribution < 1.29 is 4.63 Å². The van der Waals surface area contributed by atoms with Gasteiger partial charge in [0.15, 0.2) is 11.0 Å². The number of aromatic nitrogens is 2. The van der Waals surface area contributed by atoms with Gasteiger partial charge in [-0.05, 0) is 47.1 Å². The molecule has 5 nitrogen and oxygen atoms in total. The first kappa shape index (κ1) is 12.3. The van der Waals surface area contributed by atoms with Crippen LogP contribution in [0.1, 0.15) is 32.6 Å². The van der Waals surface area contributed by atoms with Crippen molar-refractivity contribution in [2.45, 2.75) is 32.6 Å². The molecule has 5 heteroatoms. The fourth-order valence-corrected chi connectivity index (χ4v) is 2.82. The first-order chi connectivity index (χ1) is 9.24. The van der Waals surface area contributed by atoms with E-state index in [1.54, 1.807) is 0 Å². The summed E-state index contributed by atoms with van der Waals surface area (Å²) in [5, 5.41) is 11.2. The van der Waals surface area contributed by atoms with Crippen LogP contribution >= 0.6 is 0 Å². The summed E-state index contributed by atoms with van der Waals surface area (Å²) in [4.78, 5) is 0. The molecule has 102 valence electrons. The van der Waals surface area contributed by atoms with E-state index in [9.17, 15) is 0 Å². The van der Waals surface area contributed by atoms with Crippen LogP contribution in [0.5, 0.6) is 0 Å². The van der Waals surface area contributed by atoms with Crippen LogP contribution in [0.15, 0.2) is 16.8 Å². The van der Waals surface area contributed by atoms with Crippen molar-refractivity contribution in [2.24, 2.45) is 11.8 Å². The van der Waals surface area contributed by atoms with Gasteiger partial charge in [0.1, 0.15) is 0 Å². The Morgan fingerprint density at radius 2 is 1.95 bits per heavy atom. The predicted octanol–water partition coefficient (Wildman–Crippen LogP) is 3.04. The molecule has 1 aliphatic rings. The zero-order valence-corrected chi connectivity index (χ0v) is 11.2. The van der Waals surface area contributed by atoms with Crippen LogP contribution in [-0.4, -0.2) is 16.9 Å². The zero-order chi connectivity index (χ0) is 13.2. The number of hydrogen-bond acceptors (Lipinski definition) is 5. The number of nitrogens with zero attached hydrogens (tertiary/aromatic N) is 2. The predicted molar refractivity (Wildman–Crippen MR) is 75.8 cm³/mol. The van der Waals surface area contributed by atoms with Crippen molar-refractivity contribution >= 4 is 22.4 Å². The van der Waals surface area contributed by atoms with E-state index in [1.165, 1.54) is 25.7 Å². The van der Waals surface area contributed by atoms with E-state index >= 15 is 0 Å². The fraction of sp³-hybridized carbons (Fsp3) is 0.571. The van der Waals surface area contributed by atoms with E-state index in [4.69, 9.17) is 10.4 Å². The summed E-state index contributed by atoms with van der Waals surface area (Å²) < 4.78 is 4.77. The van der Waals surface area contributed by atoms with E-state index in [0.717, 1.165) is 29.6 Å². The van der Waals surface area contributed by atoms with E-state index < -0.39 is 0 Å². The van der Waals surface area contributed by atoms with Gasteiger partial charge < -0.3 is 11.1 Å². The van der Waals surface area contributed by atoms with Gasteiger partial charge in [0.2, 0.25) is 0 Å². The lowest BCUT2D eigenvalue weighted by atomic mass is 9.83. The fourth-order valence-electron chi connectivity index (χ4n) is 2.82. The summed E-state index contributed by atoms with van der Waals surface area (Å²) in [7, 11) is 0. The highest BCUT2D eigenvalue weighted by Crippen LogP contribution is 2.30. The van der Waals surface area contributed by atoms with Gasteiger partial charge in [-0.2, -0.15) is 0 Å². The minimum Gasteiger partial charge on any atom is -0.397 e. The third kappa shape index (κ3) is 2.50. The second kappa shape index (κ2) is 5.07. The highest BCUT2D eigenvalue weighted by atomic mass is 16.6. The Balaban J connectivity index is 1.69. The number of nitrogens with two attached hydrogens (primary N) is 1. The molecule has 1 aromatic heterocycles. The van der Waals surface area contributed by atoms with Crippen LogP contribution in [-0.2, 0) is 0 Å². The molecule has 0 aliphatic heterocycles. The van der Waals surface area contributed by atoms with E-state index in [2.05, 4.69) is 22.6 Å². The molecule has 19 heavy (non-hydrogen) atoms. The van der Waals surface area contributed by atoms with Crippen LogP contribution in [0.25, 0.3) is 11.0 Å². The minimum absolute atomic E-state index is 0.605. The van der Waals surface area contributed by atoms with Gasteiger partial charge in [-0.3, -0.25) is 0 Å². The maximum Gasteiger partial charge on any atom is 0.160 e. The molecule has 3 rings (SSSR count). The second-order valence-corrected chi connectivity index (χ2v) is 5.67. The van der Waals surface area contributed by atoms with Crippen LogP contribution in [0.3, 0.4) is 0 Å². The third-order valence-corrected chi connectivity index (χ3v) is 4.16. The van der Waals surface area contributed by atoms with Gasteiger partial charge in [0.05, 0.1) is 11.4 Å². The molecule has 1 fully saturated rings. The Labute approximate surface area is 112 Å². The SMILES string of the molecule is CC1CCC(CNc2ccc(N)c3nonc23)CC1. The monoisotopic (exact) mass is 260 g/mol. The number of hydrogen-bond donors (Lipinski definition) is 2. The summed E-state index contributed by atoms with van der Waals surface area (Å²) in [6.45, 7) is 3.33. The van der Waals surface area contributed by atoms with Gasteiger partial charge in [-0.1, -0.05) is 19.8 Å². The summed E-state index contributed by atoms with van der Waals surface area (Å²) in [5.41, 5.74) is 8.77. The molecule has 1 aliphatic carbocycles. The molecule has 0 saturated heterocycles. The number of nitrogens with one attached hydrogen (secondary N) is 1. The molecule has 0 spiro atoms. The van der Waals surface area contributed by atoms with Crippen molar-refractivity contribution in [3.63, 3.8) is 0 Å². The van der Waals surface area contributed by atoms with Crippen molar-refractivity contribution in [3.8, 4) is 0 Å². The van der Waals surface area contributed by atoms with Crippen molar-refractivity contribution in [1.82, 2.24) is 10.3 Å². The quantitative estimate of drug-likeness (QED) is 0.829. The van der Waals surface area contributed by atoms with Gasteiger partial charge in [0.25, 0.3) is 0 Å². The first-order valence-electron chi connectivity index (χ1n) is 6.98. The standard InChI is InChI=1S/C14H20N4O/c1-9-2-4-10(5-3-9)8-16-12-7-6-11(15)13-14(12)18-19-17-13/h6-7,9-10,16H,2-5,8,15H2,1H3. The normalized spacial score (nSPS) is 23.6. The van der Waals surface area contributed by atoms with E-state index in [-0.39, 0.29) is 0 Å². The largest absolute Gasteiger partial charge is 0.397 e. The highest BCUT2D eigenvalue weighted by Gasteiger charge is 2.18. The van der Waals surface area contributed by atoms with Crippen molar-refractivity contribution in [2.75, 3.05) is 17.6 Å². The summed E-state index contributed by atoms with van der Waals surface area (Å²) in [6.07, 6.45) is 5.30. The smallest absolute Gasteiger partial charge is 0.160 e. The van der Waals surface area contributed by atoms with Crippen LogP contribution in [0.4, 0.5) is 11.4 Å². The number of fused-ring (bicyclic) bond motifs is 1. The molecule has 0 amide bonds. The topological polar surface area (TPSA) is 77.0 Å². The Morgan fingerprint density at radius 1 is 1.21 bits per heavy atom. The lowest BCUT2D eigenvalue weighted by Gasteiger charge is -2.26. The van der Waals surface area contributed by atoms with Crippen LogP contribution in [0, 0.1) is 11.8 Å². The number of nitrogen functional groups attached to an aromatic ring is 1. The summed E-state index contributed by atoms with van der Waals surface area (Å²) >= 11 is 0. The molecule has 0 bridgehead atoms. The lowest BCUT2D eigenvalue weighted by molar-refractivity contribution is 0.300. The van der Waals surface area contributed by atoms with Gasteiger partial charge in [-0.25, -0.2) is 4.63 Å². The Kier molecular flexibility index (Phi) is 3.27. The molecule has 3 N–H and O–H groups in total. The molecule has 1 saturated carbocycles. The maximum absolute atomic E-state index is 5.83. The third-order valence-electron chi connectivity index (χ3n) is 4.16. The van der Waals surface area contributed by atoms with Crippen LogP contribution < -0.4 is 11.1 Å². The average molecular weight is 260 g/mol. The maximum atomic E-state index is 5.83. The summed E-state index contributed by atoms with van der Waals surface area (Å²) in [5.74, 6) is 1.64.